The molecule has 0 heterocycles. The van der Waals surface area contributed by atoms with Gasteiger partial charge in [-0.1, -0.05) is 68.3 Å². The second kappa shape index (κ2) is 6.94. The quantitative estimate of drug-likeness (QED) is 0.439. The average molecular weight is 317 g/mol. The Hall–Kier alpha value is -1.86. The molecule has 3 aromatic carbocycles. The van der Waals surface area contributed by atoms with Crippen LogP contribution in [-0.4, -0.2) is 6.54 Å². The van der Waals surface area contributed by atoms with Gasteiger partial charge in [-0.15, -0.1) is 0 Å². The van der Waals surface area contributed by atoms with Gasteiger partial charge in [0.15, 0.2) is 0 Å². The van der Waals surface area contributed by atoms with E-state index in [1.54, 1.807) is 11.1 Å². The summed E-state index contributed by atoms with van der Waals surface area (Å²) in [7, 11) is 0. The normalized spacial score (nSPS) is 17.3. The van der Waals surface area contributed by atoms with Crippen molar-refractivity contribution in [2.75, 3.05) is 6.54 Å². The molecule has 1 aliphatic carbocycles. The van der Waals surface area contributed by atoms with Gasteiger partial charge >= 0.3 is 0 Å². The zero-order valence-electron chi connectivity index (χ0n) is 14.6. The number of benzene rings is 3. The van der Waals surface area contributed by atoms with Crippen LogP contribution in [-0.2, 0) is 6.42 Å². The van der Waals surface area contributed by atoms with Crippen LogP contribution < -0.4 is 5.32 Å². The molecule has 0 radical (unpaired) electrons. The third-order valence-electron chi connectivity index (χ3n) is 5.54. The van der Waals surface area contributed by atoms with Crippen molar-refractivity contribution in [3.8, 4) is 0 Å². The first kappa shape index (κ1) is 15.7. The van der Waals surface area contributed by atoms with Crippen LogP contribution in [0.1, 0.15) is 56.2 Å². The minimum Gasteiger partial charge on any atom is -0.310 e. The lowest BCUT2D eigenvalue weighted by atomic mass is 9.83. The fraction of sp³-hybridized carbons (Fsp3) is 0.391. The molecule has 0 saturated heterocycles. The number of hydrogen-bond acceptors (Lipinski definition) is 1. The number of aryl methyl sites for hydroxylation is 1. The van der Waals surface area contributed by atoms with Crippen molar-refractivity contribution in [3.05, 3.63) is 59.7 Å². The fourth-order valence-corrected chi connectivity index (χ4v) is 4.27. The number of fused-ring (bicyclic) bond motifs is 5. The van der Waals surface area contributed by atoms with Gasteiger partial charge in [0.05, 0.1) is 0 Å². The van der Waals surface area contributed by atoms with Gasteiger partial charge in [0.1, 0.15) is 0 Å². The van der Waals surface area contributed by atoms with Gasteiger partial charge in [-0.05, 0) is 64.9 Å². The largest absolute Gasteiger partial charge is 0.310 e. The van der Waals surface area contributed by atoms with E-state index in [9.17, 15) is 0 Å². The Balaban J connectivity index is 1.72. The van der Waals surface area contributed by atoms with Gasteiger partial charge in [0, 0.05) is 6.04 Å². The van der Waals surface area contributed by atoms with Gasteiger partial charge in [-0.2, -0.15) is 0 Å². The van der Waals surface area contributed by atoms with Crippen molar-refractivity contribution in [2.45, 2.75) is 51.5 Å². The predicted molar refractivity (Wildman–Crippen MR) is 105 cm³/mol. The first-order chi connectivity index (χ1) is 11.9. The highest BCUT2D eigenvalue weighted by Gasteiger charge is 2.21. The first-order valence-electron chi connectivity index (χ1n) is 9.55. The molecule has 1 unspecified atom stereocenters. The van der Waals surface area contributed by atoms with Gasteiger partial charge < -0.3 is 5.32 Å². The summed E-state index contributed by atoms with van der Waals surface area (Å²) >= 11 is 0. The molecule has 0 fully saturated rings. The summed E-state index contributed by atoms with van der Waals surface area (Å²) in [5.74, 6) is 0. The first-order valence-corrected chi connectivity index (χ1v) is 9.55. The smallest absolute Gasteiger partial charge is 0.0323 e. The van der Waals surface area contributed by atoms with E-state index in [1.807, 2.05) is 0 Å². The van der Waals surface area contributed by atoms with E-state index >= 15 is 0 Å². The maximum absolute atomic E-state index is 3.81. The minimum absolute atomic E-state index is 0.543. The second-order valence-electron chi connectivity index (χ2n) is 7.12. The highest BCUT2D eigenvalue weighted by atomic mass is 14.9. The summed E-state index contributed by atoms with van der Waals surface area (Å²) in [6.07, 6.45) is 7.71. The third-order valence-corrected chi connectivity index (χ3v) is 5.54. The molecule has 1 heteroatoms. The molecule has 3 aromatic rings. The molecule has 0 bridgehead atoms. The van der Waals surface area contributed by atoms with Crippen molar-refractivity contribution in [1.29, 1.82) is 0 Å². The lowest BCUT2D eigenvalue weighted by Crippen LogP contribution is -2.26. The Labute approximate surface area is 145 Å². The van der Waals surface area contributed by atoms with Crippen LogP contribution in [0.4, 0.5) is 0 Å². The Morgan fingerprint density at radius 3 is 2.71 bits per heavy atom. The molecule has 0 aliphatic heterocycles. The number of hydrogen-bond donors (Lipinski definition) is 1. The van der Waals surface area contributed by atoms with Crippen molar-refractivity contribution in [1.82, 2.24) is 5.32 Å². The summed E-state index contributed by atoms with van der Waals surface area (Å²) in [4.78, 5) is 0. The molecule has 0 saturated carbocycles. The SMILES string of the molecule is CCCCCNC1CCCc2c1ccc1c2ccc2ccccc21. The highest BCUT2D eigenvalue weighted by molar-refractivity contribution is 6.08. The molecule has 24 heavy (non-hydrogen) atoms. The molecule has 1 aliphatic rings. The van der Waals surface area contributed by atoms with Crippen LogP contribution in [0.25, 0.3) is 21.5 Å². The molecule has 0 amide bonds. The van der Waals surface area contributed by atoms with Gasteiger partial charge in [0.25, 0.3) is 0 Å². The van der Waals surface area contributed by atoms with Crippen molar-refractivity contribution >= 4 is 21.5 Å². The van der Waals surface area contributed by atoms with Gasteiger partial charge in [-0.25, -0.2) is 0 Å². The summed E-state index contributed by atoms with van der Waals surface area (Å²) in [5.41, 5.74) is 3.12. The highest BCUT2D eigenvalue weighted by Crippen LogP contribution is 2.37. The van der Waals surface area contributed by atoms with Crippen LogP contribution in [0.3, 0.4) is 0 Å². The number of nitrogens with one attached hydrogen (secondary N) is 1. The lowest BCUT2D eigenvalue weighted by Gasteiger charge is -2.28. The molecule has 4 rings (SSSR count). The van der Waals surface area contributed by atoms with Crippen LogP contribution in [0.15, 0.2) is 48.5 Å². The lowest BCUT2D eigenvalue weighted by molar-refractivity contribution is 0.453. The molecule has 0 aromatic heterocycles. The maximum Gasteiger partial charge on any atom is 0.0323 e. The van der Waals surface area contributed by atoms with E-state index in [0.29, 0.717) is 6.04 Å². The molecule has 1 atom stereocenters. The van der Waals surface area contributed by atoms with Crippen LogP contribution in [0.2, 0.25) is 0 Å². The average Bonchev–Trinajstić information content (AvgIpc) is 2.64. The van der Waals surface area contributed by atoms with Crippen LogP contribution >= 0.6 is 0 Å². The maximum atomic E-state index is 3.81. The van der Waals surface area contributed by atoms with E-state index < -0.39 is 0 Å². The fourth-order valence-electron chi connectivity index (χ4n) is 4.27. The number of rotatable bonds is 5. The van der Waals surface area contributed by atoms with Gasteiger partial charge in [-0.3, -0.25) is 0 Å². The zero-order valence-corrected chi connectivity index (χ0v) is 14.6. The summed E-state index contributed by atoms with van der Waals surface area (Å²) in [6, 6.07) is 18.7. The molecular formula is C23H27N. The minimum atomic E-state index is 0.543. The summed E-state index contributed by atoms with van der Waals surface area (Å²) < 4.78 is 0. The van der Waals surface area contributed by atoms with E-state index in [2.05, 4.69) is 60.8 Å². The summed E-state index contributed by atoms with van der Waals surface area (Å²) in [5, 5.41) is 9.42. The molecular weight excluding hydrogens is 290 g/mol. The molecule has 1 N–H and O–H groups in total. The van der Waals surface area contributed by atoms with Crippen molar-refractivity contribution in [3.63, 3.8) is 0 Å². The second-order valence-corrected chi connectivity index (χ2v) is 7.12. The molecule has 124 valence electrons. The predicted octanol–water partition coefficient (Wildman–Crippen LogP) is 6.15. The van der Waals surface area contributed by atoms with E-state index in [4.69, 9.17) is 0 Å². The van der Waals surface area contributed by atoms with Crippen molar-refractivity contribution < 1.29 is 0 Å². The Bertz CT molecular complexity index is 849. The van der Waals surface area contributed by atoms with Gasteiger partial charge in [0.2, 0.25) is 0 Å². The monoisotopic (exact) mass is 317 g/mol. The summed E-state index contributed by atoms with van der Waals surface area (Å²) in [6.45, 7) is 3.42. The molecule has 0 spiro atoms. The van der Waals surface area contributed by atoms with E-state index in [1.165, 1.54) is 60.1 Å². The number of unbranched alkanes of at least 4 members (excludes halogenated alkanes) is 2. The van der Waals surface area contributed by atoms with Crippen LogP contribution in [0.5, 0.6) is 0 Å². The molecule has 1 nitrogen and oxygen atoms in total. The Morgan fingerprint density at radius 2 is 1.79 bits per heavy atom. The third kappa shape index (κ3) is 2.82. The van der Waals surface area contributed by atoms with E-state index in [-0.39, 0.29) is 0 Å². The van der Waals surface area contributed by atoms with Crippen LogP contribution in [0, 0.1) is 0 Å². The Kier molecular flexibility index (Phi) is 4.53. The van der Waals surface area contributed by atoms with Crippen molar-refractivity contribution in [2.24, 2.45) is 0 Å². The Morgan fingerprint density at radius 1 is 0.917 bits per heavy atom. The zero-order chi connectivity index (χ0) is 16.4. The standard InChI is InChI=1S/C23H27N/c1-2-3-6-16-24-23-11-7-10-19-21-13-12-17-8-4-5-9-18(17)20(21)14-15-22(19)23/h4-5,8-9,12-15,23-24H,2-3,6-7,10-11,16H2,1H3. The van der Waals surface area contributed by atoms with E-state index in [0.717, 1.165) is 6.54 Å². The topological polar surface area (TPSA) is 12.0 Å².